The first-order valence-electron chi connectivity index (χ1n) is 9.80. The van der Waals surface area contributed by atoms with E-state index in [1.807, 2.05) is 55.9 Å². The summed E-state index contributed by atoms with van der Waals surface area (Å²) in [5.41, 5.74) is 4.04. The third kappa shape index (κ3) is 6.26. The molecule has 0 N–H and O–H groups in total. The Bertz CT molecular complexity index is 973. The van der Waals surface area contributed by atoms with Gasteiger partial charge in [0.15, 0.2) is 0 Å². The minimum absolute atomic E-state index is 0.925. The van der Waals surface area contributed by atoms with Crippen LogP contribution in [0.3, 0.4) is 0 Å². The fourth-order valence-corrected chi connectivity index (χ4v) is 3.43. The molecule has 0 fully saturated rings. The molecule has 0 radical (unpaired) electrons. The number of unbranched alkanes of at least 4 members (excludes halogenated alkanes) is 1. The number of pyridine rings is 3. The van der Waals surface area contributed by atoms with Crippen molar-refractivity contribution in [2.45, 2.75) is 36.5 Å². The number of rotatable bonds is 8. The second-order valence-corrected chi connectivity index (χ2v) is 7.59. The fraction of sp³-hybridized carbons (Fsp3) is 0.160. The molecule has 0 amide bonds. The highest BCUT2D eigenvalue weighted by Crippen LogP contribution is 2.28. The van der Waals surface area contributed by atoms with Gasteiger partial charge in [0.1, 0.15) is 0 Å². The van der Waals surface area contributed by atoms with Crippen LogP contribution < -0.4 is 0 Å². The van der Waals surface area contributed by atoms with E-state index in [4.69, 9.17) is 0 Å². The van der Waals surface area contributed by atoms with Crippen molar-refractivity contribution in [3.8, 4) is 11.3 Å². The highest BCUT2D eigenvalue weighted by molar-refractivity contribution is 7.99. The Morgan fingerprint density at radius 1 is 1.00 bits per heavy atom. The van der Waals surface area contributed by atoms with Crippen LogP contribution >= 0.6 is 11.8 Å². The zero-order valence-electron chi connectivity index (χ0n) is 16.8. The van der Waals surface area contributed by atoms with Crippen LogP contribution in [0.4, 0.5) is 0 Å². The summed E-state index contributed by atoms with van der Waals surface area (Å²) >= 11 is 1.66. The molecule has 0 saturated heterocycles. The van der Waals surface area contributed by atoms with E-state index in [0.29, 0.717) is 0 Å². The van der Waals surface area contributed by atoms with E-state index in [2.05, 4.69) is 58.3 Å². The van der Waals surface area contributed by atoms with Crippen molar-refractivity contribution in [3.05, 3.63) is 97.3 Å². The third-order valence-electron chi connectivity index (χ3n) is 4.18. The van der Waals surface area contributed by atoms with Gasteiger partial charge >= 0.3 is 0 Å². The second kappa shape index (κ2) is 11.1. The summed E-state index contributed by atoms with van der Waals surface area (Å²) in [6.45, 7) is 4.20. The Hall–Kier alpha value is -2.98. The van der Waals surface area contributed by atoms with Gasteiger partial charge in [-0.15, -0.1) is 0 Å². The smallest absolute Gasteiger partial charge is 0.0718 e. The average Bonchev–Trinajstić information content (AvgIpc) is 2.78. The van der Waals surface area contributed by atoms with Crippen LogP contribution in [0.1, 0.15) is 32.4 Å². The Morgan fingerprint density at radius 2 is 1.83 bits per heavy atom. The second-order valence-electron chi connectivity index (χ2n) is 6.44. The monoisotopic (exact) mass is 399 g/mol. The van der Waals surface area contributed by atoms with Crippen molar-refractivity contribution >= 4 is 17.3 Å². The van der Waals surface area contributed by atoms with Gasteiger partial charge in [-0.2, -0.15) is 0 Å². The molecular weight excluding hydrogens is 374 g/mol. The van der Waals surface area contributed by atoms with Crippen LogP contribution in [0.15, 0.2) is 101 Å². The first-order valence-corrected chi connectivity index (χ1v) is 10.6. The van der Waals surface area contributed by atoms with E-state index in [0.717, 1.165) is 45.2 Å². The van der Waals surface area contributed by atoms with Crippen molar-refractivity contribution in [3.63, 3.8) is 0 Å². The fourth-order valence-electron chi connectivity index (χ4n) is 2.68. The maximum atomic E-state index is 4.67. The average molecular weight is 400 g/mol. The molecule has 3 aromatic heterocycles. The van der Waals surface area contributed by atoms with Gasteiger partial charge in [-0.25, -0.2) is 0 Å². The largest absolute Gasteiger partial charge is 0.264 e. The Kier molecular flexibility index (Phi) is 7.96. The van der Waals surface area contributed by atoms with Gasteiger partial charge in [0.25, 0.3) is 0 Å². The molecule has 0 spiro atoms. The number of nitrogens with zero attached hydrogens (tertiary/aromatic N) is 3. The predicted octanol–water partition coefficient (Wildman–Crippen LogP) is 7.01. The number of allylic oxidation sites excluding steroid dienone is 6. The molecule has 3 aromatic rings. The first kappa shape index (κ1) is 20.7. The molecule has 4 heteroatoms. The SMILES string of the molecule is C\C=C/C=C(\C=C\CCC)c1ccc(Sc2ccc(-c3cccnc3)nc2)cn1. The van der Waals surface area contributed by atoms with Crippen LogP contribution in [0.25, 0.3) is 16.8 Å². The van der Waals surface area contributed by atoms with E-state index in [-0.39, 0.29) is 0 Å². The lowest BCUT2D eigenvalue weighted by Gasteiger charge is -2.05. The molecular formula is C25H25N3S. The summed E-state index contributed by atoms with van der Waals surface area (Å²) in [7, 11) is 0. The molecule has 0 saturated carbocycles. The van der Waals surface area contributed by atoms with Crippen molar-refractivity contribution in [1.82, 2.24) is 15.0 Å². The highest BCUT2D eigenvalue weighted by Gasteiger charge is 2.04. The van der Waals surface area contributed by atoms with Gasteiger partial charge in [0.2, 0.25) is 0 Å². The van der Waals surface area contributed by atoms with Gasteiger partial charge in [0, 0.05) is 40.1 Å². The van der Waals surface area contributed by atoms with Crippen LogP contribution in [-0.2, 0) is 0 Å². The molecule has 0 aliphatic heterocycles. The Balaban J connectivity index is 1.71. The van der Waals surface area contributed by atoms with Crippen molar-refractivity contribution in [2.75, 3.05) is 0 Å². The van der Waals surface area contributed by atoms with E-state index < -0.39 is 0 Å². The van der Waals surface area contributed by atoms with E-state index >= 15 is 0 Å². The summed E-state index contributed by atoms with van der Waals surface area (Å²) in [4.78, 5) is 15.6. The molecule has 3 heterocycles. The molecule has 0 atom stereocenters. The number of aromatic nitrogens is 3. The first-order chi connectivity index (χ1) is 14.3. The summed E-state index contributed by atoms with van der Waals surface area (Å²) in [6, 6.07) is 12.2. The summed E-state index contributed by atoms with van der Waals surface area (Å²) < 4.78 is 0. The van der Waals surface area contributed by atoms with Gasteiger partial charge in [-0.3, -0.25) is 15.0 Å². The quantitative estimate of drug-likeness (QED) is 0.382. The molecule has 0 bridgehead atoms. The lowest BCUT2D eigenvalue weighted by molar-refractivity contribution is 0.959. The van der Waals surface area contributed by atoms with Gasteiger partial charge in [-0.05, 0) is 55.3 Å². The molecule has 29 heavy (non-hydrogen) atoms. The lowest BCUT2D eigenvalue weighted by atomic mass is 10.1. The predicted molar refractivity (Wildman–Crippen MR) is 123 cm³/mol. The summed E-state index contributed by atoms with van der Waals surface area (Å²) in [5, 5.41) is 0. The summed E-state index contributed by atoms with van der Waals surface area (Å²) in [6.07, 6.45) is 20.2. The molecule has 146 valence electrons. The zero-order valence-corrected chi connectivity index (χ0v) is 17.6. The minimum atomic E-state index is 0.925. The third-order valence-corrected chi connectivity index (χ3v) is 5.14. The van der Waals surface area contributed by atoms with Crippen LogP contribution in [0.2, 0.25) is 0 Å². The standard InChI is InChI=1S/C25H25N3S/c1-3-5-7-10-20(9-6-4-2)24-14-12-22(18-27-24)29-23-13-15-25(28-19-23)21-11-8-16-26-17-21/h4,6-19H,3,5H2,1-2H3/b6-4-,10-7+,20-9+. The lowest BCUT2D eigenvalue weighted by Crippen LogP contribution is -1.88. The molecule has 0 unspecified atom stereocenters. The topological polar surface area (TPSA) is 38.7 Å². The highest BCUT2D eigenvalue weighted by atomic mass is 32.2. The van der Waals surface area contributed by atoms with Crippen LogP contribution in [0.5, 0.6) is 0 Å². The van der Waals surface area contributed by atoms with E-state index in [1.165, 1.54) is 0 Å². The van der Waals surface area contributed by atoms with Crippen LogP contribution in [0, 0.1) is 0 Å². The minimum Gasteiger partial charge on any atom is -0.264 e. The maximum Gasteiger partial charge on any atom is 0.0718 e. The van der Waals surface area contributed by atoms with Gasteiger partial charge in [0.05, 0.1) is 11.4 Å². The van der Waals surface area contributed by atoms with Crippen molar-refractivity contribution < 1.29 is 0 Å². The normalized spacial score (nSPS) is 12.1. The summed E-state index contributed by atoms with van der Waals surface area (Å²) in [5.74, 6) is 0. The number of hydrogen-bond donors (Lipinski definition) is 0. The molecule has 0 aliphatic rings. The van der Waals surface area contributed by atoms with Gasteiger partial charge < -0.3 is 0 Å². The van der Waals surface area contributed by atoms with Gasteiger partial charge in [-0.1, -0.05) is 55.5 Å². The zero-order chi connectivity index (χ0) is 20.3. The van der Waals surface area contributed by atoms with E-state index in [1.54, 1.807) is 18.0 Å². The van der Waals surface area contributed by atoms with Crippen LogP contribution in [-0.4, -0.2) is 15.0 Å². The van der Waals surface area contributed by atoms with E-state index in [9.17, 15) is 0 Å². The molecule has 0 aliphatic carbocycles. The molecule has 0 aromatic carbocycles. The Labute approximate surface area is 177 Å². The molecule has 3 rings (SSSR count). The number of hydrogen-bond acceptors (Lipinski definition) is 4. The maximum absolute atomic E-state index is 4.67. The van der Waals surface area contributed by atoms with Crippen molar-refractivity contribution in [2.24, 2.45) is 0 Å². The van der Waals surface area contributed by atoms with Crippen molar-refractivity contribution in [1.29, 1.82) is 0 Å². The Morgan fingerprint density at radius 3 is 2.45 bits per heavy atom. The molecule has 3 nitrogen and oxygen atoms in total.